The van der Waals surface area contributed by atoms with E-state index in [0.29, 0.717) is 19.4 Å². The Morgan fingerprint density at radius 2 is 0.637 bits per heavy atom. The van der Waals surface area contributed by atoms with Crippen molar-refractivity contribution in [3.05, 3.63) is 48.6 Å². The second-order valence-electron chi connectivity index (χ2n) is 24.6. The summed E-state index contributed by atoms with van der Waals surface area (Å²) < 4.78 is 5.48. The van der Waals surface area contributed by atoms with Crippen molar-refractivity contribution in [3.63, 3.8) is 0 Å². The van der Waals surface area contributed by atoms with E-state index in [2.05, 4.69) is 55.6 Å². The Morgan fingerprint density at radius 1 is 0.350 bits per heavy atom. The van der Waals surface area contributed by atoms with E-state index in [0.717, 1.165) is 51.4 Å². The van der Waals surface area contributed by atoms with E-state index in [1.54, 1.807) is 6.08 Å². The van der Waals surface area contributed by atoms with Gasteiger partial charge in [0.25, 0.3) is 0 Å². The Bertz CT molecular complexity index is 1340. The molecule has 0 radical (unpaired) electrons. The fourth-order valence-electron chi connectivity index (χ4n) is 11.1. The van der Waals surface area contributed by atoms with Gasteiger partial charge in [-0.2, -0.15) is 0 Å². The van der Waals surface area contributed by atoms with Crippen molar-refractivity contribution in [1.82, 2.24) is 5.32 Å². The van der Waals surface area contributed by atoms with Gasteiger partial charge < -0.3 is 20.3 Å². The number of nitrogens with one attached hydrogen (secondary N) is 1. The van der Waals surface area contributed by atoms with Gasteiger partial charge in [0.05, 0.1) is 25.4 Å². The number of hydrogen-bond donors (Lipinski definition) is 3. The molecule has 470 valence electrons. The average Bonchev–Trinajstić information content (AvgIpc) is 3.46. The molecule has 0 bridgehead atoms. The van der Waals surface area contributed by atoms with Crippen molar-refractivity contribution in [3.8, 4) is 0 Å². The summed E-state index contributed by atoms with van der Waals surface area (Å²) in [4.78, 5) is 24.6. The van der Waals surface area contributed by atoms with Gasteiger partial charge in [-0.1, -0.05) is 339 Å². The molecule has 80 heavy (non-hydrogen) atoms. The summed E-state index contributed by atoms with van der Waals surface area (Å²) in [5.41, 5.74) is 0. The van der Waals surface area contributed by atoms with Crippen molar-refractivity contribution >= 4 is 11.9 Å². The number of unbranched alkanes of at least 4 members (excludes halogenated alkanes) is 50. The number of aliphatic hydroxyl groups excluding tert-OH is 2. The topological polar surface area (TPSA) is 95.9 Å². The lowest BCUT2D eigenvalue weighted by molar-refractivity contribution is -0.143. The minimum absolute atomic E-state index is 0.00162. The maximum absolute atomic E-state index is 12.5. The van der Waals surface area contributed by atoms with E-state index in [-0.39, 0.29) is 18.5 Å². The molecule has 0 spiro atoms. The molecular weight excluding hydrogens is 983 g/mol. The molecule has 0 fully saturated rings. The van der Waals surface area contributed by atoms with E-state index < -0.39 is 12.1 Å². The summed E-state index contributed by atoms with van der Waals surface area (Å²) in [6.45, 7) is 4.89. The minimum Gasteiger partial charge on any atom is -0.466 e. The third-order valence-corrected chi connectivity index (χ3v) is 16.6. The van der Waals surface area contributed by atoms with Gasteiger partial charge in [0.2, 0.25) is 5.91 Å². The Labute approximate surface area is 499 Å². The first-order valence-electron chi connectivity index (χ1n) is 35.9. The molecule has 0 aliphatic heterocycles. The fraction of sp³-hybridized carbons (Fsp3) is 0.865. The Morgan fingerprint density at radius 3 is 1.00 bits per heavy atom. The van der Waals surface area contributed by atoms with E-state index in [1.165, 1.54) is 308 Å². The highest BCUT2D eigenvalue weighted by molar-refractivity contribution is 5.76. The van der Waals surface area contributed by atoms with Gasteiger partial charge in [0.1, 0.15) is 0 Å². The largest absolute Gasteiger partial charge is 0.466 e. The number of rotatable bonds is 67. The van der Waals surface area contributed by atoms with E-state index >= 15 is 0 Å². The van der Waals surface area contributed by atoms with E-state index in [9.17, 15) is 19.8 Å². The molecule has 3 N–H and O–H groups in total. The lowest BCUT2D eigenvalue weighted by Gasteiger charge is -2.20. The number of carbonyl (C=O) groups is 2. The highest BCUT2D eigenvalue weighted by Crippen LogP contribution is 2.18. The monoisotopic (exact) mass is 1120 g/mol. The highest BCUT2D eigenvalue weighted by Gasteiger charge is 2.18. The lowest BCUT2D eigenvalue weighted by Crippen LogP contribution is -2.45. The molecule has 0 aliphatic carbocycles. The first-order valence-corrected chi connectivity index (χ1v) is 35.9. The number of carbonyl (C=O) groups excluding carboxylic acids is 2. The number of amides is 1. The zero-order chi connectivity index (χ0) is 57.8. The van der Waals surface area contributed by atoms with Gasteiger partial charge in [-0.05, 0) is 83.5 Å². The summed E-state index contributed by atoms with van der Waals surface area (Å²) in [5, 5.41) is 23.2. The van der Waals surface area contributed by atoms with Crippen LogP contribution >= 0.6 is 0 Å². The van der Waals surface area contributed by atoms with Crippen LogP contribution in [-0.4, -0.2) is 47.4 Å². The van der Waals surface area contributed by atoms with Gasteiger partial charge in [-0.25, -0.2) is 0 Å². The third-order valence-electron chi connectivity index (χ3n) is 16.6. The van der Waals surface area contributed by atoms with Crippen LogP contribution in [0.1, 0.15) is 386 Å². The van der Waals surface area contributed by atoms with Crippen LogP contribution in [0.5, 0.6) is 0 Å². The van der Waals surface area contributed by atoms with Crippen molar-refractivity contribution < 1.29 is 24.5 Å². The van der Waals surface area contributed by atoms with Gasteiger partial charge in [-0.3, -0.25) is 9.59 Å². The third kappa shape index (κ3) is 65.0. The first kappa shape index (κ1) is 77.8. The molecular formula is C74H139NO5. The second-order valence-corrected chi connectivity index (χ2v) is 24.6. The molecule has 0 saturated heterocycles. The maximum Gasteiger partial charge on any atom is 0.305 e. The SMILES string of the molecule is CCCC/C=C\C/C=C\CCCCCCCC(=O)OCCCCCCCCCCCCCC/C=C\CCCCCCCCCCCCCCCC(=O)NC(CO)C(O)/C=C/CCCCCCCCCCCCCCCCCCCC. The molecule has 1 amide bonds. The van der Waals surface area contributed by atoms with Crippen molar-refractivity contribution in [2.24, 2.45) is 0 Å². The molecule has 0 aromatic heterocycles. The van der Waals surface area contributed by atoms with E-state index in [4.69, 9.17) is 4.74 Å². The second kappa shape index (κ2) is 69.3. The number of aliphatic hydroxyl groups is 2. The normalized spacial score (nSPS) is 12.8. The number of esters is 1. The summed E-state index contributed by atoms with van der Waals surface area (Å²) in [7, 11) is 0. The Kier molecular flexibility index (Phi) is 67.4. The molecule has 0 heterocycles. The van der Waals surface area contributed by atoms with Gasteiger partial charge in [-0.15, -0.1) is 0 Å². The number of ether oxygens (including phenoxy) is 1. The molecule has 6 nitrogen and oxygen atoms in total. The van der Waals surface area contributed by atoms with Crippen LogP contribution in [0, 0.1) is 0 Å². The summed E-state index contributed by atoms with van der Waals surface area (Å²) in [6.07, 6.45) is 90.5. The molecule has 0 aromatic rings. The molecule has 0 rings (SSSR count). The van der Waals surface area contributed by atoms with Crippen LogP contribution in [0.4, 0.5) is 0 Å². The standard InChI is InChI=1S/C74H139NO5/c1-3-5-7-9-11-13-15-17-19-20-21-33-36-39-42-46-50-54-58-62-66-72(77)71(70-76)75-73(78)67-63-59-55-51-47-43-40-37-34-31-29-27-25-23-22-24-26-28-30-32-35-38-41-45-49-53-57-61-65-69-80-74(79)68-64-60-56-52-48-44-18-16-14-12-10-8-6-4-2/h10,12,16,18,22,24,62,66,71-72,76-77H,3-9,11,13-15,17,19-21,23,25-61,63-65,67-70H2,1-2H3,(H,75,78)/b12-10-,18-16-,24-22-,66-62+. The van der Waals surface area contributed by atoms with Gasteiger partial charge in [0.15, 0.2) is 0 Å². The summed E-state index contributed by atoms with van der Waals surface area (Å²) in [5.74, 6) is -0.0624. The molecule has 0 aliphatic rings. The van der Waals surface area contributed by atoms with Crippen LogP contribution in [0.3, 0.4) is 0 Å². The summed E-state index contributed by atoms with van der Waals surface area (Å²) in [6, 6.07) is -0.629. The summed E-state index contributed by atoms with van der Waals surface area (Å²) >= 11 is 0. The fourth-order valence-corrected chi connectivity index (χ4v) is 11.1. The van der Waals surface area contributed by atoms with Crippen LogP contribution in [-0.2, 0) is 14.3 Å². The molecule has 0 aromatic carbocycles. The lowest BCUT2D eigenvalue weighted by atomic mass is 10.0. The van der Waals surface area contributed by atoms with Crippen molar-refractivity contribution in [1.29, 1.82) is 0 Å². The van der Waals surface area contributed by atoms with E-state index in [1.807, 2.05) is 6.08 Å². The quantitative estimate of drug-likeness (QED) is 0.0320. The van der Waals surface area contributed by atoms with Gasteiger partial charge in [0, 0.05) is 12.8 Å². The van der Waals surface area contributed by atoms with Gasteiger partial charge >= 0.3 is 5.97 Å². The zero-order valence-electron chi connectivity index (χ0n) is 53.8. The predicted octanol–water partition coefficient (Wildman–Crippen LogP) is 23.3. The Hall–Kier alpha value is -2.18. The van der Waals surface area contributed by atoms with Crippen LogP contribution in [0.25, 0.3) is 0 Å². The first-order chi connectivity index (χ1) is 39.5. The van der Waals surface area contributed by atoms with Crippen LogP contribution in [0.2, 0.25) is 0 Å². The molecule has 6 heteroatoms. The van der Waals surface area contributed by atoms with Crippen molar-refractivity contribution in [2.45, 2.75) is 398 Å². The van der Waals surface area contributed by atoms with Crippen LogP contribution < -0.4 is 5.32 Å². The average molecular weight is 1120 g/mol. The highest BCUT2D eigenvalue weighted by atomic mass is 16.5. The maximum atomic E-state index is 12.5. The molecule has 2 unspecified atom stereocenters. The van der Waals surface area contributed by atoms with Crippen molar-refractivity contribution in [2.75, 3.05) is 13.2 Å². The van der Waals surface area contributed by atoms with Crippen LogP contribution in [0.15, 0.2) is 48.6 Å². The molecule has 2 atom stereocenters. The predicted molar refractivity (Wildman–Crippen MR) is 352 cm³/mol. The minimum atomic E-state index is -0.845. The Balaban J connectivity index is 3.40. The zero-order valence-corrected chi connectivity index (χ0v) is 53.8. The smallest absolute Gasteiger partial charge is 0.305 e. The number of allylic oxidation sites excluding steroid dienone is 7. The number of hydrogen-bond acceptors (Lipinski definition) is 5. The molecule has 0 saturated carbocycles.